The third-order valence-electron chi connectivity index (χ3n) is 3.39. The lowest BCUT2D eigenvalue weighted by Crippen LogP contribution is -2.64. The Balaban J connectivity index is 1.86. The summed E-state index contributed by atoms with van der Waals surface area (Å²) in [6.07, 6.45) is 3.76. The van der Waals surface area contributed by atoms with Crippen molar-refractivity contribution in [1.82, 2.24) is 4.90 Å². The lowest BCUT2D eigenvalue weighted by molar-refractivity contribution is -0.156. The number of carboxylic acid groups (broad SMARTS) is 1. The molecule has 1 aliphatic heterocycles. The SMILES string of the molecule is O=C(O)C(CO)N1CC2(CCC2)C1. The van der Waals surface area contributed by atoms with E-state index in [1.807, 2.05) is 4.90 Å². The summed E-state index contributed by atoms with van der Waals surface area (Å²) in [5.41, 5.74) is 0.433. The molecule has 1 heterocycles. The Hall–Kier alpha value is -0.610. The van der Waals surface area contributed by atoms with Crippen LogP contribution in [0.3, 0.4) is 0 Å². The summed E-state index contributed by atoms with van der Waals surface area (Å²) in [7, 11) is 0. The molecule has 1 aliphatic carbocycles. The van der Waals surface area contributed by atoms with E-state index in [9.17, 15) is 4.79 Å². The lowest BCUT2D eigenvalue weighted by atomic mass is 9.63. The number of nitrogens with zero attached hydrogens (tertiary/aromatic N) is 1. The van der Waals surface area contributed by atoms with Gasteiger partial charge in [0, 0.05) is 13.1 Å². The van der Waals surface area contributed by atoms with Crippen molar-refractivity contribution in [3.8, 4) is 0 Å². The predicted molar refractivity (Wildman–Crippen MR) is 46.4 cm³/mol. The monoisotopic (exact) mass is 185 g/mol. The maximum atomic E-state index is 10.7. The number of likely N-dealkylation sites (tertiary alicyclic amines) is 1. The van der Waals surface area contributed by atoms with Gasteiger partial charge in [-0.15, -0.1) is 0 Å². The Bertz CT molecular complexity index is 217. The van der Waals surface area contributed by atoms with Gasteiger partial charge in [0.25, 0.3) is 0 Å². The van der Waals surface area contributed by atoms with Gasteiger partial charge in [-0.2, -0.15) is 0 Å². The van der Waals surface area contributed by atoms with E-state index in [0.717, 1.165) is 13.1 Å². The Kier molecular flexibility index (Phi) is 2.04. The molecule has 0 radical (unpaired) electrons. The molecule has 0 amide bonds. The minimum absolute atomic E-state index is 0.272. The molecule has 4 nitrogen and oxygen atoms in total. The molecule has 1 spiro atoms. The van der Waals surface area contributed by atoms with Crippen molar-refractivity contribution in [2.45, 2.75) is 25.3 Å². The maximum Gasteiger partial charge on any atom is 0.323 e. The van der Waals surface area contributed by atoms with Gasteiger partial charge in [0.05, 0.1) is 6.61 Å². The van der Waals surface area contributed by atoms with Crippen molar-refractivity contribution in [1.29, 1.82) is 0 Å². The van der Waals surface area contributed by atoms with Gasteiger partial charge in [-0.1, -0.05) is 6.42 Å². The molecular weight excluding hydrogens is 170 g/mol. The van der Waals surface area contributed by atoms with Crippen molar-refractivity contribution in [3.05, 3.63) is 0 Å². The number of aliphatic hydroxyl groups excluding tert-OH is 1. The first kappa shape index (κ1) is 8.97. The highest BCUT2D eigenvalue weighted by molar-refractivity contribution is 5.73. The van der Waals surface area contributed by atoms with Crippen molar-refractivity contribution >= 4 is 5.97 Å². The minimum atomic E-state index is -0.906. The van der Waals surface area contributed by atoms with E-state index in [1.54, 1.807) is 0 Å². The van der Waals surface area contributed by atoms with E-state index < -0.39 is 12.0 Å². The Morgan fingerprint density at radius 3 is 2.38 bits per heavy atom. The smallest absolute Gasteiger partial charge is 0.323 e. The van der Waals surface area contributed by atoms with Crippen molar-refractivity contribution < 1.29 is 15.0 Å². The number of carboxylic acids is 1. The van der Waals surface area contributed by atoms with Crippen LogP contribution in [0.5, 0.6) is 0 Å². The quantitative estimate of drug-likeness (QED) is 0.645. The molecule has 0 bridgehead atoms. The third-order valence-corrected chi connectivity index (χ3v) is 3.39. The van der Waals surface area contributed by atoms with Crippen LogP contribution in [0.1, 0.15) is 19.3 Å². The van der Waals surface area contributed by atoms with Gasteiger partial charge in [0.1, 0.15) is 6.04 Å². The van der Waals surface area contributed by atoms with Crippen LogP contribution < -0.4 is 0 Å². The Morgan fingerprint density at radius 1 is 1.46 bits per heavy atom. The van der Waals surface area contributed by atoms with E-state index in [4.69, 9.17) is 10.2 Å². The Labute approximate surface area is 77.2 Å². The average Bonchev–Trinajstić information content (AvgIpc) is 1.90. The van der Waals surface area contributed by atoms with Crippen LogP contribution in [0.4, 0.5) is 0 Å². The van der Waals surface area contributed by atoms with Crippen molar-refractivity contribution in [2.24, 2.45) is 5.41 Å². The summed E-state index contributed by atoms with van der Waals surface area (Å²) >= 11 is 0. The van der Waals surface area contributed by atoms with E-state index in [0.29, 0.717) is 5.41 Å². The molecule has 2 N–H and O–H groups in total. The van der Waals surface area contributed by atoms with Gasteiger partial charge in [-0.05, 0) is 18.3 Å². The normalized spacial score (nSPS) is 27.8. The zero-order valence-corrected chi connectivity index (χ0v) is 7.57. The summed E-state index contributed by atoms with van der Waals surface area (Å²) in [4.78, 5) is 12.5. The highest BCUT2D eigenvalue weighted by Crippen LogP contribution is 2.48. The van der Waals surface area contributed by atoms with Crippen molar-refractivity contribution in [2.75, 3.05) is 19.7 Å². The third kappa shape index (κ3) is 1.34. The molecule has 2 rings (SSSR count). The average molecular weight is 185 g/mol. The van der Waals surface area contributed by atoms with E-state index >= 15 is 0 Å². The fourth-order valence-corrected chi connectivity index (χ4v) is 2.38. The first-order valence-corrected chi connectivity index (χ1v) is 4.75. The standard InChI is InChI=1S/C9H15NO3/c11-4-7(8(12)13)10-5-9(6-10)2-1-3-9/h7,11H,1-6H2,(H,12,13). The molecule has 0 aromatic rings. The molecule has 0 aromatic heterocycles. The first-order chi connectivity index (χ1) is 6.17. The van der Waals surface area contributed by atoms with Gasteiger partial charge >= 0.3 is 5.97 Å². The van der Waals surface area contributed by atoms with Crippen LogP contribution in [-0.4, -0.2) is 46.8 Å². The number of rotatable bonds is 3. The molecule has 2 fully saturated rings. The molecule has 1 atom stereocenters. The summed E-state index contributed by atoms with van der Waals surface area (Å²) in [6.45, 7) is 1.46. The van der Waals surface area contributed by atoms with Crippen LogP contribution in [-0.2, 0) is 4.79 Å². The highest BCUT2D eigenvalue weighted by atomic mass is 16.4. The van der Waals surface area contributed by atoms with Crippen LogP contribution in [0.2, 0.25) is 0 Å². The molecule has 1 unspecified atom stereocenters. The van der Waals surface area contributed by atoms with E-state index in [2.05, 4.69) is 0 Å². The highest BCUT2D eigenvalue weighted by Gasteiger charge is 2.50. The van der Waals surface area contributed by atoms with E-state index in [1.165, 1.54) is 19.3 Å². The maximum absolute atomic E-state index is 10.7. The summed E-state index contributed by atoms with van der Waals surface area (Å²) in [5, 5.41) is 17.6. The number of hydrogen-bond acceptors (Lipinski definition) is 3. The summed E-state index contributed by atoms with van der Waals surface area (Å²) in [5.74, 6) is -0.906. The van der Waals surface area contributed by atoms with Crippen LogP contribution in [0.25, 0.3) is 0 Å². The fourth-order valence-electron chi connectivity index (χ4n) is 2.38. The molecular formula is C9H15NO3. The lowest BCUT2D eigenvalue weighted by Gasteiger charge is -2.57. The molecule has 2 aliphatic rings. The van der Waals surface area contributed by atoms with Gasteiger partial charge in [-0.3, -0.25) is 9.69 Å². The second-order valence-electron chi connectivity index (χ2n) is 4.30. The number of carbonyl (C=O) groups is 1. The van der Waals surface area contributed by atoms with Crippen LogP contribution in [0, 0.1) is 5.41 Å². The Morgan fingerprint density at radius 2 is 2.08 bits per heavy atom. The fraction of sp³-hybridized carbons (Fsp3) is 0.889. The number of hydrogen-bond donors (Lipinski definition) is 2. The zero-order valence-electron chi connectivity index (χ0n) is 7.57. The van der Waals surface area contributed by atoms with Gasteiger partial charge < -0.3 is 10.2 Å². The molecule has 0 aromatic carbocycles. The second-order valence-corrected chi connectivity index (χ2v) is 4.30. The first-order valence-electron chi connectivity index (χ1n) is 4.75. The molecule has 1 saturated heterocycles. The number of aliphatic hydroxyl groups is 1. The van der Waals surface area contributed by atoms with Gasteiger partial charge in [-0.25, -0.2) is 0 Å². The molecule has 74 valence electrons. The van der Waals surface area contributed by atoms with Crippen LogP contribution >= 0.6 is 0 Å². The predicted octanol–water partition coefficient (Wildman–Crippen LogP) is -0.0822. The summed E-state index contributed by atoms with van der Waals surface area (Å²) in [6, 6.07) is -0.675. The van der Waals surface area contributed by atoms with Gasteiger partial charge in [0.15, 0.2) is 0 Å². The largest absolute Gasteiger partial charge is 0.480 e. The number of aliphatic carboxylic acids is 1. The second kappa shape index (κ2) is 2.96. The molecule has 1 saturated carbocycles. The molecule has 4 heteroatoms. The van der Waals surface area contributed by atoms with E-state index in [-0.39, 0.29) is 6.61 Å². The minimum Gasteiger partial charge on any atom is -0.480 e. The van der Waals surface area contributed by atoms with Gasteiger partial charge in [0.2, 0.25) is 0 Å². The topological polar surface area (TPSA) is 60.8 Å². The summed E-state index contributed by atoms with van der Waals surface area (Å²) < 4.78 is 0. The zero-order chi connectivity index (χ0) is 9.47. The molecule has 13 heavy (non-hydrogen) atoms. The van der Waals surface area contributed by atoms with Crippen LogP contribution in [0.15, 0.2) is 0 Å². The van der Waals surface area contributed by atoms with Crippen molar-refractivity contribution in [3.63, 3.8) is 0 Å².